The van der Waals surface area contributed by atoms with Gasteiger partial charge in [-0.2, -0.15) is 0 Å². The van der Waals surface area contributed by atoms with Crippen molar-refractivity contribution >= 4 is 0 Å². The second kappa shape index (κ2) is 5.92. The summed E-state index contributed by atoms with van der Waals surface area (Å²) in [7, 11) is 0. The van der Waals surface area contributed by atoms with Crippen LogP contribution in [0, 0.1) is 5.21 Å². The lowest BCUT2D eigenvalue weighted by molar-refractivity contribution is -0.589. The van der Waals surface area contributed by atoms with Crippen LogP contribution in [0.4, 0.5) is 0 Å². The number of unbranched alkanes of at least 4 members (excludes halogenated alkanes) is 2. The summed E-state index contributed by atoms with van der Waals surface area (Å²) in [4.78, 5) is 0. The first-order valence-corrected chi connectivity index (χ1v) is 2.85. The van der Waals surface area contributed by atoms with Crippen molar-refractivity contribution < 1.29 is 5.48 Å². The Bertz CT molecular complexity index is 27.3. The minimum atomic E-state index is 0.744. The van der Waals surface area contributed by atoms with E-state index in [1.807, 2.05) is 0 Å². The van der Waals surface area contributed by atoms with Crippen molar-refractivity contribution in [2.75, 3.05) is 6.54 Å². The Kier molecular flexibility index (Phi) is 5.85. The molecule has 0 saturated heterocycles. The molecule has 0 rings (SSSR count). The van der Waals surface area contributed by atoms with Crippen LogP contribution in [0.3, 0.4) is 0 Å². The summed E-state index contributed by atoms with van der Waals surface area (Å²) >= 11 is 0. The number of nitrogens with two attached hydrogens (primary N) is 1. The van der Waals surface area contributed by atoms with Crippen LogP contribution >= 0.6 is 0 Å². The summed E-state index contributed by atoms with van der Waals surface area (Å²) in [6, 6.07) is 0. The topological polar surface area (TPSA) is 39.7 Å². The third kappa shape index (κ3) is 5.92. The Morgan fingerprint density at radius 3 is 2.57 bits per heavy atom. The van der Waals surface area contributed by atoms with Gasteiger partial charge in [-0.25, -0.2) is 0 Å². The highest BCUT2D eigenvalue weighted by molar-refractivity contribution is 4.31. The average molecular weight is 103 g/mol. The van der Waals surface area contributed by atoms with Crippen molar-refractivity contribution in [2.45, 2.75) is 26.2 Å². The van der Waals surface area contributed by atoms with Crippen LogP contribution in [0.25, 0.3) is 0 Å². The first-order chi connectivity index (χ1) is 3.41. The molecule has 0 saturated carbocycles. The van der Waals surface area contributed by atoms with Gasteiger partial charge in [0.05, 0.1) is 6.54 Å². The third-order valence-corrected chi connectivity index (χ3v) is 0.926. The van der Waals surface area contributed by atoms with Gasteiger partial charge in [-0.05, 0) is 12.8 Å². The maximum Gasteiger partial charge on any atom is 0.0752 e. The van der Waals surface area contributed by atoms with E-state index < -0.39 is 0 Å². The first-order valence-electron chi connectivity index (χ1n) is 2.85. The fourth-order valence-electron chi connectivity index (χ4n) is 0.478. The van der Waals surface area contributed by atoms with E-state index in [2.05, 4.69) is 6.92 Å². The summed E-state index contributed by atoms with van der Waals surface area (Å²) < 4.78 is 0. The van der Waals surface area contributed by atoms with Gasteiger partial charge in [0.15, 0.2) is 0 Å². The zero-order valence-electron chi connectivity index (χ0n) is 4.81. The number of rotatable bonds is 4. The van der Waals surface area contributed by atoms with Gasteiger partial charge in [0.2, 0.25) is 0 Å². The fraction of sp³-hybridized carbons (Fsp3) is 1.00. The van der Waals surface area contributed by atoms with Crippen molar-refractivity contribution in [2.24, 2.45) is 0 Å². The van der Waals surface area contributed by atoms with Crippen LogP contribution in [0.1, 0.15) is 26.2 Å². The standard InChI is InChI=1S/C5H13NO/c1-2-3-4-5-6-7/h2-6H2,1H3. The maximum absolute atomic E-state index is 9.68. The molecule has 0 heterocycles. The Labute approximate surface area is 44.5 Å². The van der Waals surface area contributed by atoms with E-state index in [-0.39, 0.29) is 0 Å². The Balaban J connectivity index is 2.45. The molecule has 2 nitrogen and oxygen atoms in total. The molecule has 0 fully saturated rings. The van der Waals surface area contributed by atoms with E-state index in [0.29, 0.717) is 0 Å². The van der Waals surface area contributed by atoms with Crippen LogP contribution in [-0.2, 0) is 0 Å². The molecular weight excluding hydrogens is 90.1 g/mol. The number of quaternary nitrogens is 1. The van der Waals surface area contributed by atoms with Crippen LogP contribution in [0.2, 0.25) is 0 Å². The Morgan fingerprint density at radius 2 is 2.14 bits per heavy atom. The summed E-state index contributed by atoms with van der Waals surface area (Å²) in [5.74, 6) is 0. The average Bonchev–Trinajstić information content (AvgIpc) is 1.69. The van der Waals surface area contributed by atoms with Crippen molar-refractivity contribution in [3.8, 4) is 0 Å². The van der Waals surface area contributed by atoms with E-state index in [4.69, 9.17) is 0 Å². The summed E-state index contributed by atoms with van der Waals surface area (Å²) in [6.07, 6.45) is 3.46. The quantitative estimate of drug-likeness (QED) is 0.401. The molecule has 0 unspecified atom stereocenters. The van der Waals surface area contributed by atoms with Gasteiger partial charge in [0, 0.05) is 0 Å². The monoisotopic (exact) mass is 103 g/mol. The highest BCUT2D eigenvalue weighted by Crippen LogP contribution is 1.88. The van der Waals surface area contributed by atoms with Crippen LogP contribution < -0.4 is 5.48 Å². The van der Waals surface area contributed by atoms with E-state index in [9.17, 15) is 5.21 Å². The minimum Gasteiger partial charge on any atom is -0.636 e. The molecule has 0 aromatic carbocycles. The smallest absolute Gasteiger partial charge is 0.0752 e. The summed E-state index contributed by atoms with van der Waals surface area (Å²) in [5, 5.41) is 9.68. The van der Waals surface area contributed by atoms with Gasteiger partial charge in [-0.15, -0.1) is 0 Å². The molecule has 44 valence electrons. The predicted molar refractivity (Wildman–Crippen MR) is 29.7 cm³/mol. The lowest BCUT2D eigenvalue weighted by Crippen LogP contribution is -2.77. The predicted octanol–water partition coefficient (Wildman–Crippen LogP) is 0.238. The lowest BCUT2D eigenvalue weighted by Gasteiger charge is -1.98. The molecule has 0 radical (unpaired) electrons. The minimum absolute atomic E-state index is 0.744. The van der Waals surface area contributed by atoms with E-state index >= 15 is 0 Å². The SMILES string of the molecule is CCCCC[NH2+][O-]. The molecule has 0 aliphatic heterocycles. The molecule has 0 aliphatic rings. The zero-order chi connectivity index (χ0) is 5.54. The molecule has 0 aromatic rings. The van der Waals surface area contributed by atoms with E-state index in [1.54, 1.807) is 0 Å². The highest BCUT2D eigenvalue weighted by atomic mass is 16.5. The third-order valence-electron chi connectivity index (χ3n) is 0.926. The zero-order valence-corrected chi connectivity index (χ0v) is 4.81. The van der Waals surface area contributed by atoms with Crippen molar-refractivity contribution in [3.63, 3.8) is 0 Å². The Morgan fingerprint density at radius 1 is 1.43 bits per heavy atom. The van der Waals surface area contributed by atoms with Gasteiger partial charge in [0.25, 0.3) is 0 Å². The molecule has 0 spiro atoms. The second-order valence-electron chi connectivity index (χ2n) is 1.66. The first kappa shape index (κ1) is 6.92. The largest absolute Gasteiger partial charge is 0.636 e. The summed E-state index contributed by atoms with van der Waals surface area (Å²) in [6.45, 7) is 2.87. The van der Waals surface area contributed by atoms with Gasteiger partial charge in [-0.1, -0.05) is 13.3 Å². The van der Waals surface area contributed by atoms with Gasteiger partial charge >= 0.3 is 0 Å². The molecule has 0 aliphatic carbocycles. The van der Waals surface area contributed by atoms with E-state index in [0.717, 1.165) is 18.4 Å². The number of hydroxylamine groups is 1. The van der Waals surface area contributed by atoms with Crippen LogP contribution in [0.15, 0.2) is 0 Å². The molecule has 0 atom stereocenters. The van der Waals surface area contributed by atoms with Crippen LogP contribution in [-0.4, -0.2) is 6.54 Å². The highest BCUT2D eigenvalue weighted by Gasteiger charge is 1.80. The molecule has 0 bridgehead atoms. The molecule has 7 heavy (non-hydrogen) atoms. The summed E-state index contributed by atoms with van der Waals surface area (Å²) in [5.41, 5.74) is 0.982. The maximum atomic E-state index is 9.68. The Hall–Kier alpha value is -0.0800. The van der Waals surface area contributed by atoms with E-state index in [1.165, 1.54) is 12.8 Å². The lowest BCUT2D eigenvalue weighted by atomic mass is 10.3. The van der Waals surface area contributed by atoms with Crippen molar-refractivity contribution in [1.82, 2.24) is 0 Å². The van der Waals surface area contributed by atoms with Gasteiger partial charge in [-0.3, -0.25) is 0 Å². The number of hydrogen-bond donors (Lipinski definition) is 1. The molecule has 0 amide bonds. The molecule has 2 N–H and O–H groups in total. The number of hydrogen-bond acceptors (Lipinski definition) is 1. The van der Waals surface area contributed by atoms with Gasteiger partial charge in [0.1, 0.15) is 0 Å². The molecule has 0 aromatic heterocycles. The molecular formula is C5H13NO. The van der Waals surface area contributed by atoms with Crippen LogP contribution in [0.5, 0.6) is 0 Å². The van der Waals surface area contributed by atoms with Crippen molar-refractivity contribution in [3.05, 3.63) is 5.21 Å². The van der Waals surface area contributed by atoms with Gasteiger partial charge < -0.3 is 10.7 Å². The van der Waals surface area contributed by atoms with Crippen molar-refractivity contribution in [1.29, 1.82) is 0 Å². The normalized spacial score (nSPS) is 9.43. The second-order valence-corrected chi connectivity index (χ2v) is 1.66. The molecule has 2 heteroatoms. The fourth-order valence-corrected chi connectivity index (χ4v) is 0.478.